The van der Waals surface area contributed by atoms with Crippen LogP contribution < -0.4 is 10.5 Å². The molecule has 1 aliphatic heterocycles. The number of benzene rings is 2. The van der Waals surface area contributed by atoms with Crippen LogP contribution in [0, 0.1) is 0 Å². The molecule has 1 heterocycles. The number of hydrogen-bond acceptors (Lipinski definition) is 4. The number of ether oxygens (including phenoxy) is 1. The first-order valence-electron chi connectivity index (χ1n) is 8.17. The van der Waals surface area contributed by atoms with E-state index in [4.69, 9.17) is 10.5 Å². The summed E-state index contributed by atoms with van der Waals surface area (Å²) < 4.78 is 6.56. The maximum atomic E-state index is 6.03. The first-order chi connectivity index (χ1) is 11.7. The molecule has 2 N–H and O–H groups in total. The van der Waals surface area contributed by atoms with Crippen molar-refractivity contribution in [2.24, 2.45) is 5.73 Å². The van der Waals surface area contributed by atoms with E-state index >= 15 is 0 Å². The second kappa shape index (κ2) is 11.4. The van der Waals surface area contributed by atoms with Crippen LogP contribution in [0.15, 0.2) is 51.8 Å². The Morgan fingerprint density at radius 1 is 1.19 bits per heavy atom. The predicted octanol–water partition coefficient (Wildman–Crippen LogP) is 5.13. The minimum Gasteiger partial charge on any atom is -0.496 e. The maximum Gasteiger partial charge on any atom is 0.122 e. The smallest absolute Gasteiger partial charge is 0.122 e. The fourth-order valence-electron chi connectivity index (χ4n) is 3.04. The van der Waals surface area contributed by atoms with E-state index < -0.39 is 0 Å². The molecule has 0 aliphatic carbocycles. The highest BCUT2D eigenvalue weighted by Gasteiger charge is 2.19. The first kappa shape index (κ1) is 23.6. The average Bonchev–Trinajstić information content (AvgIpc) is 2.99. The lowest BCUT2D eigenvalue weighted by Gasteiger charge is -2.18. The minimum absolute atomic E-state index is 0. The molecule has 2 aromatic rings. The van der Waals surface area contributed by atoms with Crippen LogP contribution in [0.1, 0.15) is 17.5 Å². The Labute approximate surface area is 181 Å². The summed E-state index contributed by atoms with van der Waals surface area (Å²) in [6, 6.07) is 15.2. The molecule has 1 fully saturated rings. The van der Waals surface area contributed by atoms with Crippen molar-refractivity contribution in [3.63, 3.8) is 0 Å². The van der Waals surface area contributed by atoms with Gasteiger partial charge < -0.3 is 10.5 Å². The number of nitrogens with zero attached hydrogens (tertiary/aromatic N) is 1. The van der Waals surface area contributed by atoms with E-state index in [2.05, 4.69) is 51.2 Å². The molecule has 2 aromatic carbocycles. The van der Waals surface area contributed by atoms with Gasteiger partial charge in [-0.05, 0) is 36.2 Å². The van der Waals surface area contributed by atoms with Crippen LogP contribution in [0.5, 0.6) is 5.75 Å². The molecule has 26 heavy (non-hydrogen) atoms. The molecular formula is C19H25BrCl2N2OS. The molecule has 0 amide bonds. The van der Waals surface area contributed by atoms with Gasteiger partial charge in [-0.3, -0.25) is 4.90 Å². The van der Waals surface area contributed by atoms with Crippen LogP contribution in [-0.2, 0) is 12.3 Å². The Morgan fingerprint density at radius 2 is 1.96 bits per heavy atom. The van der Waals surface area contributed by atoms with Gasteiger partial charge in [0.1, 0.15) is 5.75 Å². The molecule has 1 saturated heterocycles. The first-order valence-corrected chi connectivity index (χ1v) is 9.94. The zero-order valence-corrected chi connectivity index (χ0v) is 18.7. The number of nitrogens with two attached hydrogens (primary N) is 1. The standard InChI is InChI=1S/C19H23BrN2OS.2ClH/c1-23-18-7-6-16(20)10-15(18)13-24-19-5-3-2-4-14(19)11-22-9-8-17(21)12-22;;/h2-7,10,17H,8-9,11-13,21H2,1H3;2*1H. The van der Waals surface area contributed by atoms with Crippen LogP contribution in [-0.4, -0.2) is 31.1 Å². The predicted molar refractivity (Wildman–Crippen MR) is 119 cm³/mol. The monoisotopic (exact) mass is 478 g/mol. The van der Waals surface area contributed by atoms with Crippen LogP contribution in [0.3, 0.4) is 0 Å². The van der Waals surface area contributed by atoms with Gasteiger partial charge in [0.2, 0.25) is 0 Å². The molecule has 0 radical (unpaired) electrons. The Hall–Kier alpha value is -0.430. The molecule has 144 valence electrons. The summed E-state index contributed by atoms with van der Waals surface area (Å²) in [7, 11) is 1.72. The lowest BCUT2D eigenvalue weighted by Crippen LogP contribution is -2.26. The number of hydrogen-bond donors (Lipinski definition) is 1. The second-order valence-corrected chi connectivity index (χ2v) is 8.07. The summed E-state index contributed by atoms with van der Waals surface area (Å²) in [5.41, 5.74) is 8.62. The van der Waals surface area contributed by atoms with Gasteiger partial charge in [0, 0.05) is 46.4 Å². The highest BCUT2D eigenvalue weighted by atomic mass is 79.9. The molecule has 0 aromatic heterocycles. The lowest BCUT2D eigenvalue weighted by molar-refractivity contribution is 0.324. The van der Waals surface area contributed by atoms with Crippen LogP contribution in [0.2, 0.25) is 0 Å². The summed E-state index contributed by atoms with van der Waals surface area (Å²) in [5, 5.41) is 0. The average molecular weight is 480 g/mol. The SMILES string of the molecule is COc1ccc(Br)cc1CSc1ccccc1CN1CCC(N)C1.Cl.Cl. The second-order valence-electron chi connectivity index (χ2n) is 6.14. The third-order valence-electron chi connectivity index (χ3n) is 4.30. The van der Waals surface area contributed by atoms with E-state index in [0.29, 0.717) is 6.04 Å². The molecule has 0 saturated carbocycles. The van der Waals surface area contributed by atoms with E-state index in [1.807, 2.05) is 23.9 Å². The van der Waals surface area contributed by atoms with Gasteiger partial charge in [-0.25, -0.2) is 0 Å². The van der Waals surface area contributed by atoms with Crippen molar-refractivity contribution in [2.75, 3.05) is 20.2 Å². The minimum atomic E-state index is 0. The molecule has 1 unspecified atom stereocenters. The highest BCUT2D eigenvalue weighted by Crippen LogP contribution is 2.32. The summed E-state index contributed by atoms with van der Waals surface area (Å²) in [5.74, 6) is 1.83. The van der Waals surface area contributed by atoms with E-state index in [1.165, 1.54) is 16.0 Å². The fourth-order valence-corrected chi connectivity index (χ4v) is 4.48. The van der Waals surface area contributed by atoms with Gasteiger partial charge in [-0.2, -0.15) is 0 Å². The fraction of sp³-hybridized carbons (Fsp3) is 0.368. The van der Waals surface area contributed by atoms with Gasteiger partial charge in [0.15, 0.2) is 0 Å². The van der Waals surface area contributed by atoms with Crippen molar-refractivity contribution in [1.29, 1.82) is 0 Å². The van der Waals surface area contributed by atoms with E-state index in [0.717, 1.165) is 42.0 Å². The lowest BCUT2D eigenvalue weighted by atomic mass is 10.2. The van der Waals surface area contributed by atoms with Crippen LogP contribution in [0.4, 0.5) is 0 Å². The Bertz CT molecular complexity index is 705. The van der Waals surface area contributed by atoms with Gasteiger partial charge in [-0.1, -0.05) is 34.1 Å². The molecule has 1 aliphatic rings. The van der Waals surface area contributed by atoms with Crippen molar-refractivity contribution < 1.29 is 4.74 Å². The number of methoxy groups -OCH3 is 1. The molecule has 0 spiro atoms. The molecular weight excluding hydrogens is 455 g/mol. The molecule has 3 nitrogen and oxygen atoms in total. The van der Waals surface area contributed by atoms with E-state index in [1.54, 1.807) is 7.11 Å². The van der Waals surface area contributed by atoms with E-state index in [-0.39, 0.29) is 24.8 Å². The maximum absolute atomic E-state index is 6.03. The number of halogens is 3. The molecule has 1 atom stereocenters. The molecule has 3 rings (SSSR count). The summed E-state index contributed by atoms with van der Waals surface area (Å²) in [4.78, 5) is 3.78. The van der Waals surface area contributed by atoms with Crippen LogP contribution in [0.25, 0.3) is 0 Å². The van der Waals surface area contributed by atoms with Crippen molar-refractivity contribution in [3.05, 3.63) is 58.1 Å². The highest BCUT2D eigenvalue weighted by molar-refractivity contribution is 9.10. The Morgan fingerprint density at radius 3 is 2.65 bits per heavy atom. The number of thioether (sulfide) groups is 1. The topological polar surface area (TPSA) is 38.5 Å². The van der Waals surface area contributed by atoms with Crippen molar-refractivity contribution >= 4 is 52.5 Å². The molecule has 0 bridgehead atoms. The van der Waals surface area contributed by atoms with Gasteiger partial charge >= 0.3 is 0 Å². The number of rotatable bonds is 6. The third kappa shape index (κ3) is 6.32. The van der Waals surface area contributed by atoms with Crippen LogP contribution >= 0.6 is 52.5 Å². The Kier molecular flexibility index (Phi) is 10.4. The van der Waals surface area contributed by atoms with E-state index in [9.17, 15) is 0 Å². The quantitative estimate of drug-likeness (QED) is 0.583. The molecule has 7 heteroatoms. The van der Waals surface area contributed by atoms with Gasteiger partial charge in [0.25, 0.3) is 0 Å². The normalized spacial score (nSPS) is 16.7. The summed E-state index contributed by atoms with van der Waals surface area (Å²) >= 11 is 5.41. The summed E-state index contributed by atoms with van der Waals surface area (Å²) in [6.45, 7) is 3.07. The van der Waals surface area contributed by atoms with Gasteiger partial charge in [-0.15, -0.1) is 36.6 Å². The zero-order chi connectivity index (χ0) is 16.9. The van der Waals surface area contributed by atoms with Crippen molar-refractivity contribution in [1.82, 2.24) is 4.90 Å². The van der Waals surface area contributed by atoms with Crippen molar-refractivity contribution in [3.8, 4) is 5.75 Å². The van der Waals surface area contributed by atoms with Crippen molar-refractivity contribution in [2.45, 2.75) is 29.7 Å². The summed E-state index contributed by atoms with van der Waals surface area (Å²) in [6.07, 6.45) is 1.10. The zero-order valence-electron chi connectivity index (χ0n) is 14.7. The number of likely N-dealkylation sites (tertiary alicyclic amines) is 1. The Balaban J connectivity index is 0.00000169. The third-order valence-corrected chi connectivity index (χ3v) is 5.96. The largest absolute Gasteiger partial charge is 0.496 e. The van der Waals surface area contributed by atoms with Gasteiger partial charge in [0.05, 0.1) is 7.11 Å².